The van der Waals surface area contributed by atoms with E-state index >= 15 is 0 Å². The highest BCUT2D eigenvalue weighted by molar-refractivity contribution is 9.09. The van der Waals surface area contributed by atoms with E-state index in [1.54, 1.807) is 5.57 Å². The molecule has 2 aliphatic rings. The highest BCUT2D eigenvalue weighted by Gasteiger charge is 2.42. The molecule has 1 aliphatic heterocycles. The Hall–Kier alpha value is 0.180. The molecule has 1 spiro atoms. The number of alkyl halides is 1. The van der Waals surface area contributed by atoms with Crippen molar-refractivity contribution in [1.29, 1.82) is 0 Å². The minimum atomic E-state index is 0.298. The fourth-order valence-electron chi connectivity index (χ4n) is 2.78. The Kier molecular flexibility index (Phi) is 3.89. The van der Waals surface area contributed by atoms with Crippen LogP contribution >= 0.6 is 15.9 Å². The van der Waals surface area contributed by atoms with Gasteiger partial charge in [-0.05, 0) is 51.4 Å². The minimum Gasteiger partial charge on any atom is -0.375 e. The predicted molar refractivity (Wildman–Crippen MR) is 67.4 cm³/mol. The molecule has 0 aromatic rings. The van der Waals surface area contributed by atoms with Gasteiger partial charge < -0.3 is 4.74 Å². The van der Waals surface area contributed by atoms with Crippen LogP contribution in [-0.2, 0) is 4.74 Å². The van der Waals surface area contributed by atoms with Crippen LogP contribution in [0.3, 0.4) is 0 Å². The van der Waals surface area contributed by atoms with Crippen molar-refractivity contribution in [2.75, 3.05) is 11.9 Å². The van der Waals surface area contributed by atoms with Gasteiger partial charge in [-0.3, -0.25) is 0 Å². The molecule has 0 N–H and O–H groups in total. The Morgan fingerprint density at radius 1 is 1.53 bits per heavy atom. The van der Waals surface area contributed by atoms with Crippen molar-refractivity contribution in [3.05, 3.63) is 11.6 Å². The SMILES string of the molecule is CC(=CCCBr)C1CCOC2(CCC2)C1. The van der Waals surface area contributed by atoms with E-state index in [9.17, 15) is 0 Å². The van der Waals surface area contributed by atoms with Crippen molar-refractivity contribution in [2.24, 2.45) is 5.92 Å². The summed E-state index contributed by atoms with van der Waals surface area (Å²) in [5.74, 6) is 0.790. The highest BCUT2D eigenvalue weighted by atomic mass is 79.9. The molecule has 86 valence electrons. The molecular weight excluding hydrogens is 252 g/mol. The lowest BCUT2D eigenvalue weighted by atomic mass is 9.70. The lowest BCUT2D eigenvalue weighted by Gasteiger charge is -2.47. The molecule has 1 saturated carbocycles. The molecular formula is C13H21BrO. The van der Waals surface area contributed by atoms with Gasteiger partial charge >= 0.3 is 0 Å². The summed E-state index contributed by atoms with van der Waals surface area (Å²) in [4.78, 5) is 0. The van der Waals surface area contributed by atoms with Crippen LogP contribution < -0.4 is 0 Å². The molecule has 1 unspecified atom stereocenters. The third-order valence-corrected chi connectivity index (χ3v) is 4.43. The van der Waals surface area contributed by atoms with E-state index in [4.69, 9.17) is 4.74 Å². The average molecular weight is 273 g/mol. The molecule has 15 heavy (non-hydrogen) atoms. The predicted octanol–water partition coefficient (Wildman–Crippen LogP) is 4.07. The normalized spacial score (nSPS) is 30.3. The second-order valence-corrected chi connectivity index (χ2v) is 5.79. The summed E-state index contributed by atoms with van der Waals surface area (Å²) in [6.45, 7) is 3.27. The number of hydrogen-bond donors (Lipinski definition) is 0. The van der Waals surface area contributed by atoms with Gasteiger partial charge in [0.05, 0.1) is 5.60 Å². The van der Waals surface area contributed by atoms with Gasteiger partial charge in [0, 0.05) is 11.9 Å². The molecule has 0 bridgehead atoms. The summed E-state index contributed by atoms with van der Waals surface area (Å²) in [6.07, 6.45) is 10.0. The Bertz CT molecular complexity index is 243. The maximum Gasteiger partial charge on any atom is 0.0688 e. The summed E-state index contributed by atoms with van der Waals surface area (Å²) in [7, 11) is 0. The molecule has 1 aliphatic carbocycles. The van der Waals surface area contributed by atoms with Crippen molar-refractivity contribution in [3.8, 4) is 0 Å². The van der Waals surface area contributed by atoms with Crippen molar-refractivity contribution in [3.63, 3.8) is 0 Å². The Balaban J connectivity index is 1.92. The lowest BCUT2D eigenvalue weighted by molar-refractivity contribution is -0.138. The van der Waals surface area contributed by atoms with Gasteiger partial charge in [0.1, 0.15) is 0 Å². The van der Waals surface area contributed by atoms with Crippen LogP contribution in [0.2, 0.25) is 0 Å². The first-order chi connectivity index (χ1) is 7.26. The smallest absolute Gasteiger partial charge is 0.0688 e. The first-order valence-electron chi connectivity index (χ1n) is 6.12. The zero-order chi connectivity index (χ0) is 10.7. The van der Waals surface area contributed by atoms with E-state index in [0.29, 0.717) is 5.60 Å². The van der Waals surface area contributed by atoms with Gasteiger partial charge in [0.2, 0.25) is 0 Å². The number of ether oxygens (including phenoxy) is 1. The Morgan fingerprint density at radius 2 is 2.33 bits per heavy atom. The van der Waals surface area contributed by atoms with Gasteiger partial charge in [0.25, 0.3) is 0 Å². The van der Waals surface area contributed by atoms with Crippen molar-refractivity contribution in [1.82, 2.24) is 0 Å². The quantitative estimate of drug-likeness (QED) is 0.556. The first-order valence-corrected chi connectivity index (χ1v) is 7.24. The second-order valence-electron chi connectivity index (χ2n) is 5.00. The molecule has 0 aromatic carbocycles. The van der Waals surface area contributed by atoms with E-state index in [1.807, 2.05) is 0 Å². The molecule has 1 saturated heterocycles. The van der Waals surface area contributed by atoms with Crippen LogP contribution in [0.1, 0.15) is 45.4 Å². The molecule has 2 heteroatoms. The van der Waals surface area contributed by atoms with Crippen molar-refractivity contribution >= 4 is 15.9 Å². The van der Waals surface area contributed by atoms with Crippen molar-refractivity contribution < 1.29 is 4.74 Å². The third-order valence-electron chi connectivity index (χ3n) is 3.98. The van der Waals surface area contributed by atoms with Gasteiger partial charge in [-0.2, -0.15) is 0 Å². The standard InChI is InChI=1S/C13H21BrO/c1-11(4-2-8-14)12-5-9-15-13(10-12)6-3-7-13/h4,12H,2-3,5-10H2,1H3. The molecule has 0 amide bonds. The summed E-state index contributed by atoms with van der Waals surface area (Å²) in [5.41, 5.74) is 1.89. The first kappa shape index (κ1) is 11.7. The largest absolute Gasteiger partial charge is 0.375 e. The van der Waals surface area contributed by atoms with Crippen LogP contribution in [0.5, 0.6) is 0 Å². The number of halogens is 1. The molecule has 1 heterocycles. The molecule has 0 radical (unpaired) electrons. The number of rotatable bonds is 3. The molecule has 0 aromatic heterocycles. The van der Waals surface area contributed by atoms with E-state index in [2.05, 4.69) is 28.9 Å². The van der Waals surface area contributed by atoms with Crippen LogP contribution in [0.4, 0.5) is 0 Å². The summed E-state index contributed by atoms with van der Waals surface area (Å²) < 4.78 is 5.95. The number of allylic oxidation sites excluding steroid dienone is 2. The van der Waals surface area contributed by atoms with E-state index in [0.717, 1.165) is 24.3 Å². The fourth-order valence-corrected chi connectivity index (χ4v) is 3.01. The van der Waals surface area contributed by atoms with Crippen LogP contribution in [0, 0.1) is 5.92 Å². The van der Waals surface area contributed by atoms with E-state index in [1.165, 1.54) is 32.1 Å². The van der Waals surface area contributed by atoms with Gasteiger partial charge in [-0.1, -0.05) is 27.6 Å². The zero-order valence-electron chi connectivity index (χ0n) is 9.60. The maximum absolute atomic E-state index is 5.95. The maximum atomic E-state index is 5.95. The Morgan fingerprint density at radius 3 is 2.93 bits per heavy atom. The summed E-state index contributed by atoms with van der Waals surface area (Å²) >= 11 is 3.48. The van der Waals surface area contributed by atoms with Gasteiger partial charge in [0.15, 0.2) is 0 Å². The minimum absolute atomic E-state index is 0.298. The lowest BCUT2D eigenvalue weighted by Crippen LogP contribution is -2.45. The molecule has 2 fully saturated rings. The summed E-state index contributed by atoms with van der Waals surface area (Å²) in [6, 6.07) is 0. The highest BCUT2D eigenvalue weighted by Crippen LogP contribution is 2.45. The second kappa shape index (κ2) is 5.01. The third kappa shape index (κ3) is 2.65. The van der Waals surface area contributed by atoms with E-state index in [-0.39, 0.29) is 0 Å². The fraction of sp³-hybridized carbons (Fsp3) is 0.846. The topological polar surface area (TPSA) is 9.23 Å². The molecule has 1 atom stereocenters. The zero-order valence-corrected chi connectivity index (χ0v) is 11.2. The van der Waals surface area contributed by atoms with E-state index < -0.39 is 0 Å². The number of hydrogen-bond acceptors (Lipinski definition) is 1. The Labute approximate surface area is 101 Å². The van der Waals surface area contributed by atoms with Crippen LogP contribution in [0.25, 0.3) is 0 Å². The molecule has 1 nitrogen and oxygen atoms in total. The molecule has 2 rings (SSSR count). The monoisotopic (exact) mass is 272 g/mol. The van der Waals surface area contributed by atoms with Gasteiger partial charge in [-0.15, -0.1) is 0 Å². The van der Waals surface area contributed by atoms with Crippen LogP contribution in [-0.4, -0.2) is 17.5 Å². The van der Waals surface area contributed by atoms with Gasteiger partial charge in [-0.25, -0.2) is 0 Å². The van der Waals surface area contributed by atoms with Crippen molar-refractivity contribution in [2.45, 2.75) is 51.0 Å². The average Bonchev–Trinajstić information content (AvgIpc) is 2.24. The van der Waals surface area contributed by atoms with Crippen LogP contribution in [0.15, 0.2) is 11.6 Å². The summed E-state index contributed by atoms with van der Waals surface area (Å²) in [5, 5.41) is 1.08.